The van der Waals surface area contributed by atoms with Crippen LogP contribution in [0.3, 0.4) is 0 Å². The van der Waals surface area contributed by atoms with Gasteiger partial charge in [0.05, 0.1) is 0 Å². The number of aromatic nitrogens is 1. The maximum absolute atomic E-state index is 11.5. The lowest BCUT2D eigenvalue weighted by Crippen LogP contribution is -2.23. The molecule has 0 saturated carbocycles. The van der Waals surface area contributed by atoms with Gasteiger partial charge in [0.2, 0.25) is 5.91 Å². The zero-order chi connectivity index (χ0) is 13.7. The van der Waals surface area contributed by atoms with E-state index in [1.165, 1.54) is 16.5 Å². The van der Waals surface area contributed by atoms with E-state index < -0.39 is 0 Å². The Hall–Kier alpha value is -1.81. The van der Waals surface area contributed by atoms with E-state index in [-0.39, 0.29) is 5.91 Å². The van der Waals surface area contributed by atoms with Crippen LogP contribution in [0.4, 0.5) is 0 Å². The number of hydrogen-bond donors (Lipinski definition) is 2. The van der Waals surface area contributed by atoms with Gasteiger partial charge >= 0.3 is 0 Å². The molecule has 2 N–H and O–H groups in total. The molecule has 2 aromatic rings. The third-order valence-electron chi connectivity index (χ3n) is 3.17. The fourth-order valence-electron chi connectivity index (χ4n) is 2.27. The first-order chi connectivity index (χ1) is 9.24. The highest BCUT2D eigenvalue weighted by atomic mass is 16.1. The van der Waals surface area contributed by atoms with E-state index in [1.54, 1.807) is 0 Å². The molecule has 2 rings (SSSR count). The molecule has 0 unspecified atom stereocenters. The zero-order valence-electron chi connectivity index (χ0n) is 11.6. The Balaban J connectivity index is 2.10. The smallest absolute Gasteiger partial charge is 0.221 e. The summed E-state index contributed by atoms with van der Waals surface area (Å²) in [6, 6.07) is 8.54. The van der Waals surface area contributed by atoms with Gasteiger partial charge in [-0.15, -0.1) is 0 Å². The van der Waals surface area contributed by atoms with Gasteiger partial charge in [-0.3, -0.25) is 4.79 Å². The summed E-state index contributed by atoms with van der Waals surface area (Å²) in [5, 5.41) is 7.20. The van der Waals surface area contributed by atoms with Gasteiger partial charge in [-0.05, 0) is 43.1 Å². The molecule has 102 valence electrons. The molecule has 4 heteroatoms. The van der Waals surface area contributed by atoms with E-state index in [1.807, 2.05) is 20.2 Å². The number of rotatable bonds is 6. The topological polar surface area (TPSA) is 46.1 Å². The maximum atomic E-state index is 11.5. The molecule has 0 saturated heterocycles. The predicted molar refractivity (Wildman–Crippen MR) is 78.0 cm³/mol. The van der Waals surface area contributed by atoms with Crippen molar-refractivity contribution >= 4 is 16.8 Å². The van der Waals surface area contributed by atoms with Crippen LogP contribution in [-0.4, -0.2) is 24.1 Å². The first-order valence-corrected chi connectivity index (χ1v) is 6.73. The number of nitrogens with one attached hydrogen (secondary N) is 2. The van der Waals surface area contributed by atoms with Crippen LogP contribution in [-0.2, 0) is 17.9 Å². The van der Waals surface area contributed by atoms with Gasteiger partial charge in [0.1, 0.15) is 0 Å². The van der Waals surface area contributed by atoms with Crippen molar-refractivity contribution in [1.82, 2.24) is 15.2 Å². The Morgan fingerprint density at radius 2 is 2.16 bits per heavy atom. The van der Waals surface area contributed by atoms with E-state index in [9.17, 15) is 4.79 Å². The van der Waals surface area contributed by atoms with Gasteiger partial charge < -0.3 is 15.2 Å². The number of fused-ring (bicyclic) bond motifs is 1. The van der Waals surface area contributed by atoms with Crippen molar-refractivity contribution in [2.24, 2.45) is 0 Å². The van der Waals surface area contributed by atoms with Crippen molar-refractivity contribution in [3.63, 3.8) is 0 Å². The van der Waals surface area contributed by atoms with Gasteiger partial charge in [0, 0.05) is 37.8 Å². The second-order valence-corrected chi connectivity index (χ2v) is 4.64. The lowest BCUT2D eigenvalue weighted by atomic mass is 10.1. The van der Waals surface area contributed by atoms with Crippen LogP contribution >= 0.6 is 0 Å². The van der Waals surface area contributed by atoms with Crippen molar-refractivity contribution in [2.75, 3.05) is 13.6 Å². The zero-order valence-corrected chi connectivity index (χ0v) is 11.6. The summed E-state index contributed by atoms with van der Waals surface area (Å²) < 4.78 is 2.13. The van der Waals surface area contributed by atoms with Crippen LogP contribution in [0.15, 0.2) is 30.5 Å². The Morgan fingerprint density at radius 3 is 2.89 bits per heavy atom. The lowest BCUT2D eigenvalue weighted by molar-refractivity contribution is -0.121. The van der Waals surface area contributed by atoms with Gasteiger partial charge in [-0.1, -0.05) is 6.07 Å². The van der Waals surface area contributed by atoms with Crippen LogP contribution in [0.5, 0.6) is 0 Å². The van der Waals surface area contributed by atoms with E-state index in [4.69, 9.17) is 0 Å². The summed E-state index contributed by atoms with van der Waals surface area (Å²) in [5.41, 5.74) is 2.46. The summed E-state index contributed by atoms with van der Waals surface area (Å²) >= 11 is 0. The van der Waals surface area contributed by atoms with Crippen molar-refractivity contribution in [3.8, 4) is 0 Å². The van der Waals surface area contributed by atoms with E-state index in [2.05, 4.69) is 39.5 Å². The Bertz CT molecular complexity index is 560. The predicted octanol–water partition coefficient (Wildman–Crippen LogP) is 1.89. The largest absolute Gasteiger partial charge is 0.356 e. The average Bonchev–Trinajstić information content (AvgIpc) is 2.79. The fraction of sp³-hybridized carbons (Fsp3) is 0.400. The molecule has 0 radical (unpaired) electrons. The van der Waals surface area contributed by atoms with Crippen molar-refractivity contribution in [3.05, 3.63) is 36.0 Å². The minimum atomic E-state index is 0.108. The maximum Gasteiger partial charge on any atom is 0.221 e. The highest BCUT2D eigenvalue weighted by molar-refractivity contribution is 5.81. The number of benzene rings is 1. The van der Waals surface area contributed by atoms with Crippen molar-refractivity contribution in [1.29, 1.82) is 0 Å². The summed E-state index contributed by atoms with van der Waals surface area (Å²) in [7, 11) is 1.95. The van der Waals surface area contributed by atoms with Gasteiger partial charge in [-0.25, -0.2) is 0 Å². The number of aryl methyl sites for hydroxylation is 1. The number of hydrogen-bond acceptors (Lipinski definition) is 2. The van der Waals surface area contributed by atoms with E-state index >= 15 is 0 Å². The molecule has 0 spiro atoms. The second kappa shape index (κ2) is 6.38. The minimum absolute atomic E-state index is 0.108. The van der Waals surface area contributed by atoms with Crippen molar-refractivity contribution < 1.29 is 4.79 Å². The quantitative estimate of drug-likeness (QED) is 0.832. The number of carbonyl (C=O) groups excluding carboxylic acids is 1. The van der Waals surface area contributed by atoms with E-state index in [0.717, 1.165) is 13.1 Å². The molecule has 19 heavy (non-hydrogen) atoms. The molecule has 0 aliphatic heterocycles. The first kappa shape index (κ1) is 13.6. The molecule has 1 aromatic heterocycles. The van der Waals surface area contributed by atoms with Crippen LogP contribution < -0.4 is 10.6 Å². The van der Waals surface area contributed by atoms with Crippen molar-refractivity contribution in [2.45, 2.75) is 26.4 Å². The molecule has 1 amide bonds. The molecule has 0 bridgehead atoms. The highest BCUT2D eigenvalue weighted by Gasteiger charge is 2.04. The molecule has 1 aromatic carbocycles. The van der Waals surface area contributed by atoms with E-state index in [0.29, 0.717) is 13.0 Å². The van der Waals surface area contributed by atoms with Crippen LogP contribution in [0, 0.1) is 0 Å². The van der Waals surface area contributed by atoms with Crippen LogP contribution in [0.2, 0.25) is 0 Å². The molecular formula is C15H21N3O. The molecule has 0 aliphatic rings. The Morgan fingerprint density at radius 1 is 1.32 bits per heavy atom. The number of nitrogens with zero attached hydrogens (tertiary/aromatic N) is 1. The molecule has 0 fully saturated rings. The number of carbonyl (C=O) groups is 1. The summed E-state index contributed by atoms with van der Waals surface area (Å²) in [6.07, 6.45) is 2.57. The summed E-state index contributed by atoms with van der Waals surface area (Å²) in [5.74, 6) is 0.108. The normalized spacial score (nSPS) is 10.8. The third-order valence-corrected chi connectivity index (χ3v) is 3.17. The molecule has 4 nitrogen and oxygen atoms in total. The number of amides is 1. The van der Waals surface area contributed by atoms with Crippen LogP contribution in [0.1, 0.15) is 18.9 Å². The fourth-order valence-corrected chi connectivity index (χ4v) is 2.27. The van der Waals surface area contributed by atoms with Gasteiger partial charge in [-0.2, -0.15) is 0 Å². The summed E-state index contributed by atoms with van der Waals surface area (Å²) in [4.78, 5) is 11.5. The minimum Gasteiger partial charge on any atom is -0.356 e. The molecule has 0 atom stereocenters. The van der Waals surface area contributed by atoms with Gasteiger partial charge in [0.15, 0.2) is 0 Å². The standard InChI is InChI=1S/C15H21N3O/c1-3-17-15(19)7-9-18-8-6-13-10-12(11-16-2)4-5-14(13)18/h4-6,8,10,16H,3,7,9,11H2,1-2H3,(H,17,19). The Kier molecular flexibility index (Phi) is 4.58. The lowest BCUT2D eigenvalue weighted by Gasteiger charge is -2.06. The summed E-state index contributed by atoms with van der Waals surface area (Å²) in [6.45, 7) is 4.23. The highest BCUT2D eigenvalue weighted by Crippen LogP contribution is 2.18. The SMILES string of the molecule is CCNC(=O)CCn1ccc2cc(CNC)ccc21. The molecule has 0 aliphatic carbocycles. The Labute approximate surface area is 113 Å². The first-order valence-electron chi connectivity index (χ1n) is 6.73. The second-order valence-electron chi connectivity index (χ2n) is 4.64. The van der Waals surface area contributed by atoms with Crippen LogP contribution in [0.25, 0.3) is 10.9 Å². The average molecular weight is 259 g/mol. The monoisotopic (exact) mass is 259 g/mol. The third kappa shape index (κ3) is 3.35. The molecule has 1 heterocycles. The molecular weight excluding hydrogens is 238 g/mol. The van der Waals surface area contributed by atoms with Gasteiger partial charge in [0.25, 0.3) is 0 Å².